The number of aliphatic hydroxyl groups is 2. The van der Waals surface area contributed by atoms with Crippen LogP contribution in [0.25, 0.3) is 10.8 Å². The lowest BCUT2D eigenvalue weighted by atomic mass is 10.0. The van der Waals surface area contributed by atoms with Gasteiger partial charge in [-0.2, -0.15) is 0 Å². The lowest BCUT2D eigenvalue weighted by Gasteiger charge is -2.13. The Hall–Kier alpha value is -2.57. The first kappa shape index (κ1) is 17.3. The van der Waals surface area contributed by atoms with E-state index in [4.69, 9.17) is 5.11 Å². The third kappa shape index (κ3) is 3.60. The predicted molar refractivity (Wildman–Crippen MR) is 93.0 cm³/mol. The number of halogens is 1. The van der Waals surface area contributed by atoms with Crippen LogP contribution in [0.1, 0.15) is 16.7 Å². The molecule has 0 saturated heterocycles. The van der Waals surface area contributed by atoms with Gasteiger partial charge in [-0.1, -0.05) is 12.1 Å². The number of rotatable bonds is 5. The van der Waals surface area contributed by atoms with E-state index in [9.17, 15) is 14.3 Å². The lowest BCUT2D eigenvalue weighted by molar-refractivity contribution is 0.0805. The highest BCUT2D eigenvalue weighted by Crippen LogP contribution is 2.19. The highest BCUT2D eigenvalue weighted by atomic mass is 19.1. The SMILES string of the molecule is Cc1ccc(Cc2cncc3ccn(C[C@@H](O)CO)c(=O)c23)c(F)c1. The van der Waals surface area contributed by atoms with E-state index in [2.05, 4.69) is 4.98 Å². The van der Waals surface area contributed by atoms with E-state index in [1.807, 2.05) is 13.0 Å². The summed E-state index contributed by atoms with van der Waals surface area (Å²) in [6.45, 7) is 1.38. The number of aromatic nitrogens is 2. The summed E-state index contributed by atoms with van der Waals surface area (Å²) < 4.78 is 15.5. The fourth-order valence-electron chi connectivity index (χ4n) is 2.85. The Morgan fingerprint density at radius 1 is 1.24 bits per heavy atom. The molecule has 1 atom stereocenters. The molecule has 0 bridgehead atoms. The van der Waals surface area contributed by atoms with E-state index in [0.717, 1.165) is 5.56 Å². The van der Waals surface area contributed by atoms with E-state index in [1.54, 1.807) is 30.7 Å². The van der Waals surface area contributed by atoms with Crippen molar-refractivity contribution in [3.05, 3.63) is 75.7 Å². The first-order valence-corrected chi connectivity index (χ1v) is 7.99. The van der Waals surface area contributed by atoms with Gasteiger partial charge in [-0.05, 0) is 35.7 Å². The summed E-state index contributed by atoms with van der Waals surface area (Å²) in [4.78, 5) is 16.9. The van der Waals surface area contributed by atoms with E-state index in [-0.39, 0.29) is 24.3 Å². The highest BCUT2D eigenvalue weighted by molar-refractivity contribution is 5.84. The molecule has 0 saturated carbocycles. The molecule has 0 fully saturated rings. The average molecular weight is 342 g/mol. The van der Waals surface area contributed by atoms with Crippen molar-refractivity contribution in [3.8, 4) is 0 Å². The molecule has 2 aromatic heterocycles. The van der Waals surface area contributed by atoms with Crippen molar-refractivity contribution in [2.24, 2.45) is 0 Å². The van der Waals surface area contributed by atoms with Gasteiger partial charge in [0, 0.05) is 30.4 Å². The summed E-state index contributed by atoms with van der Waals surface area (Å²) in [6, 6.07) is 6.72. The van der Waals surface area contributed by atoms with Crippen LogP contribution in [0, 0.1) is 12.7 Å². The monoisotopic (exact) mass is 342 g/mol. The van der Waals surface area contributed by atoms with Crippen LogP contribution < -0.4 is 5.56 Å². The smallest absolute Gasteiger partial charge is 0.258 e. The molecule has 1 aromatic carbocycles. The largest absolute Gasteiger partial charge is 0.394 e. The van der Waals surface area contributed by atoms with Crippen LogP contribution in [0.3, 0.4) is 0 Å². The molecule has 3 aromatic rings. The zero-order valence-corrected chi connectivity index (χ0v) is 13.8. The van der Waals surface area contributed by atoms with Crippen LogP contribution in [0.5, 0.6) is 0 Å². The normalized spacial score (nSPS) is 12.5. The van der Waals surface area contributed by atoms with Crippen molar-refractivity contribution in [1.29, 1.82) is 0 Å². The molecule has 3 rings (SSSR count). The molecule has 0 spiro atoms. The maximum Gasteiger partial charge on any atom is 0.258 e. The van der Waals surface area contributed by atoms with Crippen LogP contribution in [-0.2, 0) is 13.0 Å². The molecule has 0 aliphatic carbocycles. The maximum atomic E-state index is 14.2. The summed E-state index contributed by atoms with van der Waals surface area (Å²) >= 11 is 0. The predicted octanol–water partition coefficient (Wildman–Crippen LogP) is 1.79. The second-order valence-electron chi connectivity index (χ2n) is 6.14. The quantitative estimate of drug-likeness (QED) is 0.741. The number of nitrogens with zero attached hydrogens (tertiary/aromatic N) is 2. The zero-order chi connectivity index (χ0) is 18.0. The molecule has 2 heterocycles. The molecule has 25 heavy (non-hydrogen) atoms. The van der Waals surface area contributed by atoms with Gasteiger partial charge in [0.2, 0.25) is 0 Å². The van der Waals surface area contributed by atoms with Gasteiger partial charge in [-0.15, -0.1) is 0 Å². The van der Waals surface area contributed by atoms with Crippen LogP contribution >= 0.6 is 0 Å². The Morgan fingerprint density at radius 2 is 2.04 bits per heavy atom. The van der Waals surface area contributed by atoms with E-state index in [0.29, 0.717) is 21.9 Å². The Bertz CT molecular complexity index is 969. The first-order chi connectivity index (χ1) is 12.0. The Morgan fingerprint density at radius 3 is 2.76 bits per heavy atom. The van der Waals surface area contributed by atoms with Crippen molar-refractivity contribution in [2.75, 3.05) is 6.61 Å². The van der Waals surface area contributed by atoms with Crippen LogP contribution in [0.2, 0.25) is 0 Å². The number of hydrogen-bond acceptors (Lipinski definition) is 4. The minimum absolute atomic E-state index is 0.00801. The van der Waals surface area contributed by atoms with Gasteiger partial charge in [-0.25, -0.2) is 4.39 Å². The van der Waals surface area contributed by atoms with Crippen molar-refractivity contribution >= 4 is 10.8 Å². The van der Waals surface area contributed by atoms with Crippen molar-refractivity contribution in [2.45, 2.75) is 26.0 Å². The number of pyridine rings is 2. The third-order valence-corrected chi connectivity index (χ3v) is 4.17. The van der Waals surface area contributed by atoms with E-state index < -0.39 is 12.7 Å². The molecule has 2 N–H and O–H groups in total. The van der Waals surface area contributed by atoms with Crippen molar-refractivity contribution < 1.29 is 14.6 Å². The summed E-state index contributed by atoms with van der Waals surface area (Å²) in [5.41, 5.74) is 1.65. The molecule has 0 unspecified atom stereocenters. The summed E-state index contributed by atoms with van der Waals surface area (Å²) in [6.07, 6.45) is 3.93. The first-order valence-electron chi connectivity index (χ1n) is 7.99. The molecule has 6 heteroatoms. The number of fused-ring (bicyclic) bond motifs is 1. The van der Waals surface area contributed by atoms with Crippen LogP contribution in [0.15, 0.2) is 47.7 Å². The van der Waals surface area contributed by atoms with Crippen LogP contribution in [-0.4, -0.2) is 32.5 Å². The number of hydrogen-bond donors (Lipinski definition) is 2. The molecule has 0 radical (unpaired) electrons. The number of benzene rings is 1. The van der Waals surface area contributed by atoms with Gasteiger partial charge in [0.15, 0.2) is 0 Å². The summed E-state index contributed by atoms with van der Waals surface area (Å²) in [7, 11) is 0. The van der Waals surface area contributed by atoms with Gasteiger partial charge in [0.1, 0.15) is 5.82 Å². The molecule has 0 aliphatic heterocycles. The molecule has 0 amide bonds. The minimum atomic E-state index is -1.02. The topological polar surface area (TPSA) is 75.3 Å². The van der Waals surface area contributed by atoms with Gasteiger partial charge >= 0.3 is 0 Å². The van der Waals surface area contributed by atoms with E-state index >= 15 is 0 Å². The molecular weight excluding hydrogens is 323 g/mol. The molecule has 0 aliphatic rings. The third-order valence-electron chi connectivity index (χ3n) is 4.17. The molecular formula is C19H19FN2O3. The second-order valence-corrected chi connectivity index (χ2v) is 6.14. The van der Waals surface area contributed by atoms with Crippen molar-refractivity contribution in [3.63, 3.8) is 0 Å². The zero-order valence-electron chi connectivity index (χ0n) is 13.8. The van der Waals surface area contributed by atoms with Gasteiger partial charge < -0.3 is 14.8 Å². The standard InChI is InChI=1S/C19H19FN2O3/c1-12-2-3-13(17(20)6-12)7-15-9-21-8-14-4-5-22(10-16(24)11-23)19(25)18(14)15/h2-6,8-9,16,23-24H,7,10-11H2,1H3/t16-/m1/s1. The fraction of sp³-hybridized carbons (Fsp3) is 0.263. The van der Waals surface area contributed by atoms with Gasteiger partial charge in [0.25, 0.3) is 5.56 Å². The highest BCUT2D eigenvalue weighted by Gasteiger charge is 2.13. The number of aryl methyl sites for hydroxylation is 1. The Balaban J connectivity index is 2.08. The summed E-state index contributed by atoms with van der Waals surface area (Å²) in [5, 5.41) is 19.7. The fourth-order valence-corrected chi connectivity index (χ4v) is 2.85. The maximum absolute atomic E-state index is 14.2. The van der Waals surface area contributed by atoms with Crippen molar-refractivity contribution in [1.82, 2.24) is 9.55 Å². The molecule has 130 valence electrons. The minimum Gasteiger partial charge on any atom is -0.394 e. The van der Waals surface area contributed by atoms with E-state index in [1.165, 1.54) is 10.6 Å². The lowest BCUT2D eigenvalue weighted by Crippen LogP contribution is -2.28. The Labute approximate surface area is 144 Å². The second kappa shape index (κ2) is 7.13. The Kier molecular flexibility index (Phi) is 4.92. The van der Waals surface area contributed by atoms with Gasteiger partial charge in [-0.3, -0.25) is 9.78 Å². The number of aliphatic hydroxyl groups excluding tert-OH is 2. The average Bonchev–Trinajstić information content (AvgIpc) is 2.59. The van der Waals surface area contributed by atoms with Crippen LogP contribution in [0.4, 0.5) is 4.39 Å². The summed E-state index contributed by atoms with van der Waals surface area (Å²) in [5.74, 6) is -0.316. The molecule has 5 nitrogen and oxygen atoms in total. The van der Waals surface area contributed by atoms with Gasteiger partial charge in [0.05, 0.1) is 24.6 Å².